The van der Waals surface area contributed by atoms with Crippen LogP contribution >= 0.6 is 11.5 Å². The number of hydrogen-bond donors (Lipinski definition) is 2. The number of anilines is 1. The molecule has 0 saturated heterocycles. The first-order chi connectivity index (χ1) is 8.22. The van der Waals surface area contributed by atoms with Crippen molar-refractivity contribution in [2.45, 2.75) is 0 Å². The molecule has 1 amide bonds. The van der Waals surface area contributed by atoms with Crippen LogP contribution in [-0.4, -0.2) is 27.7 Å². The number of phenols is 1. The summed E-state index contributed by atoms with van der Waals surface area (Å²) in [6.07, 6.45) is 1.43. The van der Waals surface area contributed by atoms with Gasteiger partial charge in [-0.05, 0) is 12.1 Å². The Bertz CT molecular complexity index is 528. The molecule has 1 aromatic carbocycles. The molecule has 6 nitrogen and oxygen atoms in total. The van der Waals surface area contributed by atoms with Gasteiger partial charge in [-0.25, -0.2) is 0 Å². The van der Waals surface area contributed by atoms with E-state index in [-0.39, 0.29) is 17.1 Å². The Hall–Kier alpha value is -2.15. The lowest BCUT2D eigenvalue weighted by atomic mass is 10.1. The minimum atomic E-state index is -0.438. The number of aromatic nitrogens is 2. The summed E-state index contributed by atoms with van der Waals surface area (Å²) in [5.74, 6) is -0.377. The number of rotatable bonds is 3. The highest BCUT2D eigenvalue weighted by molar-refractivity contribution is 7.10. The lowest BCUT2D eigenvalue weighted by molar-refractivity contribution is 0.102. The first kappa shape index (κ1) is 11.3. The lowest BCUT2D eigenvalue weighted by Gasteiger charge is -2.07. The van der Waals surface area contributed by atoms with Crippen molar-refractivity contribution in [3.63, 3.8) is 0 Å². The van der Waals surface area contributed by atoms with Gasteiger partial charge < -0.3 is 15.2 Å². The maximum atomic E-state index is 11.8. The van der Waals surface area contributed by atoms with Gasteiger partial charge >= 0.3 is 0 Å². The van der Waals surface area contributed by atoms with Gasteiger partial charge in [0.15, 0.2) is 11.5 Å². The third kappa shape index (κ3) is 2.34. The van der Waals surface area contributed by atoms with Gasteiger partial charge in [0.05, 0.1) is 18.9 Å². The summed E-state index contributed by atoms with van der Waals surface area (Å²) in [6.45, 7) is 0. The van der Waals surface area contributed by atoms with Crippen molar-refractivity contribution >= 4 is 22.4 Å². The van der Waals surface area contributed by atoms with E-state index >= 15 is 0 Å². The molecule has 1 aromatic heterocycles. The van der Waals surface area contributed by atoms with Crippen molar-refractivity contribution in [3.05, 3.63) is 30.0 Å². The summed E-state index contributed by atoms with van der Waals surface area (Å²) in [6, 6.07) is 4.69. The van der Waals surface area contributed by atoms with Gasteiger partial charge in [0, 0.05) is 11.5 Å². The fourth-order valence-corrected chi connectivity index (χ4v) is 1.69. The maximum Gasteiger partial charge on any atom is 0.260 e. The molecule has 0 aliphatic rings. The summed E-state index contributed by atoms with van der Waals surface area (Å²) in [5, 5.41) is 16.4. The van der Waals surface area contributed by atoms with Crippen LogP contribution in [0.25, 0.3) is 0 Å². The van der Waals surface area contributed by atoms with Gasteiger partial charge in [-0.1, -0.05) is 10.6 Å². The second-order valence-corrected chi connectivity index (χ2v) is 3.88. The highest BCUT2D eigenvalue weighted by Gasteiger charge is 2.15. The molecule has 0 aliphatic carbocycles. The van der Waals surface area contributed by atoms with Crippen LogP contribution in [0.15, 0.2) is 24.4 Å². The van der Waals surface area contributed by atoms with E-state index < -0.39 is 5.91 Å². The molecule has 0 aliphatic heterocycles. The number of aromatic hydroxyl groups is 1. The summed E-state index contributed by atoms with van der Waals surface area (Å²) in [7, 11) is 1.42. The Labute approximate surface area is 101 Å². The largest absolute Gasteiger partial charge is 0.504 e. The summed E-state index contributed by atoms with van der Waals surface area (Å²) >= 11 is 1.06. The topological polar surface area (TPSA) is 84.3 Å². The van der Waals surface area contributed by atoms with E-state index in [0.717, 1.165) is 11.5 Å². The molecule has 17 heavy (non-hydrogen) atoms. The van der Waals surface area contributed by atoms with Crippen molar-refractivity contribution in [3.8, 4) is 11.5 Å². The molecule has 0 bridgehead atoms. The number of phenolic OH excluding ortho intramolecular Hbond substituents is 1. The predicted molar refractivity (Wildman–Crippen MR) is 62.5 cm³/mol. The Morgan fingerprint density at radius 1 is 1.53 bits per heavy atom. The van der Waals surface area contributed by atoms with E-state index in [4.69, 9.17) is 4.74 Å². The number of nitrogens with zero attached hydrogens (tertiary/aromatic N) is 2. The van der Waals surface area contributed by atoms with Gasteiger partial charge in [-0.15, -0.1) is 5.10 Å². The molecule has 0 radical (unpaired) electrons. The summed E-state index contributed by atoms with van der Waals surface area (Å²) in [4.78, 5) is 11.8. The first-order valence-corrected chi connectivity index (χ1v) is 5.44. The summed E-state index contributed by atoms with van der Waals surface area (Å²) in [5.41, 5.74) is 0.137. The third-order valence-corrected chi connectivity index (χ3v) is 2.64. The van der Waals surface area contributed by atoms with Crippen molar-refractivity contribution in [2.75, 3.05) is 12.4 Å². The van der Waals surface area contributed by atoms with Crippen LogP contribution in [0.1, 0.15) is 10.4 Å². The van der Waals surface area contributed by atoms with Crippen molar-refractivity contribution < 1.29 is 14.6 Å². The van der Waals surface area contributed by atoms with Crippen LogP contribution in [0, 0.1) is 0 Å². The Kier molecular flexibility index (Phi) is 3.20. The highest BCUT2D eigenvalue weighted by atomic mass is 32.1. The van der Waals surface area contributed by atoms with Gasteiger partial charge in [0.25, 0.3) is 5.91 Å². The number of benzene rings is 1. The van der Waals surface area contributed by atoms with E-state index in [1.807, 2.05) is 0 Å². The average molecular weight is 251 g/mol. The number of nitrogens with one attached hydrogen (secondary N) is 1. The maximum absolute atomic E-state index is 11.8. The third-order valence-electron chi connectivity index (χ3n) is 2.06. The molecule has 88 valence electrons. The quantitative estimate of drug-likeness (QED) is 0.863. The smallest absolute Gasteiger partial charge is 0.260 e. The number of ether oxygens (including phenoxy) is 1. The number of methoxy groups -OCH3 is 1. The summed E-state index contributed by atoms with van der Waals surface area (Å²) < 4.78 is 8.53. The lowest BCUT2D eigenvalue weighted by Crippen LogP contribution is -2.11. The molecule has 2 rings (SSSR count). The molecule has 0 fully saturated rings. The molecule has 0 atom stereocenters. The average Bonchev–Trinajstić information content (AvgIpc) is 2.82. The van der Waals surface area contributed by atoms with Gasteiger partial charge in [0.1, 0.15) is 5.00 Å². The van der Waals surface area contributed by atoms with Crippen molar-refractivity contribution in [1.29, 1.82) is 0 Å². The van der Waals surface area contributed by atoms with Crippen LogP contribution in [0.2, 0.25) is 0 Å². The first-order valence-electron chi connectivity index (χ1n) is 4.67. The van der Waals surface area contributed by atoms with E-state index in [1.54, 1.807) is 12.1 Å². The van der Waals surface area contributed by atoms with Crippen LogP contribution in [-0.2, 0) is 0 Å². The van der Waals surface area contributed by atoms with E-state index in [0.29, 0.717) is 5.00 Å². The van der Waals surface area contributed by atoms with Crippen LogP contribution in [0.3, 0.4) is 0 Å². The van der Waals surface area contributed by atoms with Crippen molar-refractivity contribution in [1.82, 2.24) is 9.59 Å². The number of para-hydroxylation sites is 1. The van der Waals surface area contributed by atoms with E-state index in [1.165, 1.54) is 19.4 Å². The second-order valence-electron chi connectivity index (χ2n) is 3.09. The van der Waals surface area contributed by atoms with Crippen LogP contribution in [0.4, 0.5) is 5.00 Å². The zero-order valence-corrected chi connectivity index (χ0v) is 9.69. The van der Waals surface area contributed by atoms with Crippen LogP contribution in [0.5, 0.6) is 11.5 Å². The molecule has 0 unspecified atom stereocenters. The molecule has 2 N–H and O–H groups in total. The molecule has 7 heteroatoms. The number of carbonyl (C=O) groups excluding carboxylic acids is 1. The highest BCUT2D eigenvalue weighted by Crippen LogP contribution is 2.29. The van der Waals surface area contributed by atoms with Crippen LogP contribution < -0.4 is 10.1 Å². The Morgan fingerprint density at radius 2 is 2.35 bits per heavy atom. The number of amides is 1. The number of hydrogen-bond acceptors (Lipinski definition) is 6. The zero-order chi connectivity index (χ0) is 12.3. The normalized spacial score (nSPS) is 9.94. The van der Waals surface area contributed by atoms with Crippen molar-refractivity contribution in [2.24, 2.45) is 0 Å². The fraction of sp³-hybridized carbons (Fsp3) is 0.100. The Morgan fingerprint density at radius 3 is 3.00 bits per heavy atom. The molecule has 1 heterocycles. The minimum absolute atomic E-state index is 0.137. The van der Waals surface area contributed by atoms with Gasteiger partial charge in [-0.3, -0.25) is 4.79 Å². The molecular weight excluding hydrogens is 242 g/mol. The monoisotopic (exact) mass is 251 g/mol. The van der Waals surface area contributed by atoms with E-state index in [9.17, 15) is 9.90 Å². The standard InChI is InChI=1S/C10H9N3O3S/c1-16-7-4-2-3-6(9(7)14)10(15)12-8-5-11-13-17-8/h2-5,14H,1H3,(H,12,15). The van der Waals surface area contributed by atoms with Gasteiger partial charge in [-0.2, -0.15) is 0 Å². The minimum Gasteiger partial charge on any atom is -0.504 e. The zero-order valence-electron chi connectivity index (χ0n) is 8.88. The fourth-order valence-electron chi connectivity index (χ4n) is 1.27. The predicted octanol–water partition coefficient (Wildman–Crippen LogP) is 1.50. The molecule has 2 aromatic rings. The molecular formula is C10H9N3O3S. The Balaban J connectivity index is 2.25. The van der Waals surface area contributed by atoms with E-state index in [2.05, 4.69) is 14.9 Å². The second kappa shape index (κ2) is 4.79. The SMILES string of the molecule is COc1cccc(C(=O)Nc2cnns2)c1O. The van der Waals surface area contributed by atoms with Gasteiger partial charge in [0.2, 0.25) is 0 Å². The molecule has 0 spiro atoms. The number of carbonyl (C=O) groups is 1. The molecule has 0 saturated carbocycles.